The molecule has 0 saturated carbocycles. The summed E-state index contributed by atoms with van der Waals surface area (Å²) >= 11 is 0. The predicted molar refractivity (Wildman–Crippen MR) is 77.0 cm³/mol. The molecule has 2 amide bonds. The molecule has 1 aromatic rings. The smallest absolute Gasteiger partial charge is 0.321 e. The first kappa shape index (κ1) is 15.4. The molecule has 1 aliphatic rings. The molecule has 0 N–H and O–H groups in total. The summed E-state index contributed by atoms with van der Waals surface area (Å²) < 4.78 is 5.19. The van der Waals surface area contributed by atoms with Crippen LogP contribution >= 0.6 is 0 Å². The van der Waals surface area contributed by atoms with E-state index in [-0.39, 0.29) is 16.3 Å². The molecular weight excluding hydrogens is 270 g/mol. The number of imide groups is 1. The molecule has 1 fully saturated rings. The molecule has 0 radical (unpaired) electrons. The number of aldehydes is 1. The third kappa shape index (κ3) is 3.03. The molecule has 0 aliphatic carbocycles. The summed E-state index contributed by atoms with van der Waals surface area (Å²) in [5.74, 6) is 0.674. The van der Waals surface area contributed by atoms with Crippen molar-refractivity contribution in [3.05, 3.63) is 29.3 Å². The van der Waals surface area contributed by atoms with Crippen LogP contribution < -0.4 is 4.74 Å². The molecule has 1 aliphatic heterocycles. The second-order valence-corrected chi connectivity index (χ2v) is 5.50. The molecule has 0 aromatic heterocycles. The average molecular weight is 290 g/mol. The summed E-state index contributed by atoms with van der Waals surface area (Å²) in [4.78, 5) is 34.4. The normalized spacial score (nSPS) is 17.0. The van der Waals surface area contributed by atoms with Gasteiger partial charge in [0, 0.05) is 12.0 Å². The highest BCUT2D eigenvalue weighted by Crippen LogP contribution is 2.24. The van der Waals surface area contributed by atoms with Gasteiger partial charge < -0.3 is 4.74 Å². The number of methoxy groups -OCH3 is 1. The van der Waals surface area contributed by atoms with Gasteiger partial charge in [0.1, 0.15) is 12.0 Å². The second kappa shape index (κ2) is 6.18. The van der Waals surface area contributed by atoms with Crippen LogP contribution in [0.15, 0.2) is 18.2 Å². The van der Waals surface area contributed by atoms with Gasteiger partial charge in [0.05, 0.1) is 33.5 Å². The molecule has 1 aromatic carbocycles. The van der Waals surface area contributed by atoms with Crippen molar-refractivity contribution < 1.29 is 23.6 Å². The van der Waals surface area contributed by atoms with E-state index < -0.39 is 0 Å². The van der Waals surface area contributed by atoms with Crippen LogP contribution in [0.25, 0.3) is 0 Å². The zero-order valence-electron chi connectivity index (χ0n) is 12.4. The molecule has 0 unspecified atom stereocenters. The number of amides is 2. The van der Waals surface area contributed by atoms with Crippen molar-refractivity contribution in [3.63, 3.8) is 0 Å². The van der Waals surface area contributed by atoms with E-state index in [0.29, 0.717) is 43.5 Å². The van der Waals surface area contributed by atoms with Crippen LogP contribution in [0.3, 0.4) is 0 Å². The lowest BCUT2D eigenvalue weighted by atomic mass is 10.1. The van der Waals surface area contributed by atoms with Gasteiger partial charge in [-0.25, -0.2) is 14.1 Å². The Hall–Kier alpha value is -2.01. The van der Waals surface area contributed by atoms with Crippen molar-refractivity contribution in [1.82, 2.24) is 0 Å². The highest BCUT2D eigenvalue weighted by molar-refractivity contribution is 5.91. The minimum atomic E-state index is -0.0886. The van der Waals surface area contributed by atoms with Crippen LogP contribution in [-0.4, -0.2) is 43.3 Å². The fraction of sp³-hybridized carbons (Fsp3) is 0.438. The van der Waals surface area contributed by atoms with Crippen molar-refractivity contribution >= 4 is 18.1 Å². The van der Waals surface area contributed by atoms with Crippen molar-refractivity contribution in [2.75, 3.05) is 20.7 Å². The third-order valence-electron chi connectivity index (χ3n) is 4.15. The van der Waals surface area contributed by atoms with E-state index in [4.69, 9.17) is 4.74 Å². The van der Waals surface area contributed by atoms with E-state index in [2.05, 4.69) is 0 Å². The summed E-state index contributed by atoms with van der Waals surface area (Å²) in [6.45, 7) is 0.510. The van der Waals surface area contributed by atoms with Gasteiger partial charge in [-0.2, -0.15) is 0 Å². The maximum Gasteiger partial charge on any atom is 0.321 e. The summed E-state index contributed by atoms with van der Waals surface area (Å²) in [6, 6.07) is 5.30. The number of nitrogens with zero attached hydrogens (tertiary/aromatic N) is 1. The molecule has 0 spiro atoms. The molecule has 5 nitrogen and oxygen atoms in total. The van der Waals surface area contributed by atoms with E-state index in [9.17, 15) is 14.4 Å². The fourth-order valence-electron chi connectivity index (χ4n) is 2.72. The maximum atomic E-state index is 11.8. The largest absolute Gasteiger partial charge is 0.496 e. The number of likely N-dealkylation sites (tertiary alicyclic amines) is 1. The predicted octanol–water partition coefficient (Wildman–Crippen LogP) is 1.73. The molecule has 21 heavy (non-hydrogen) atoms. The van der Waals surface area contributed by atoms with E-state index in [1.807, 2.05) is 6.07 Å². The molecule has 2 rings (SSSR count). The van der Waals surface area contributed by atoms with Gasteiger partial charge in [0.15, 0.2) is 0 Å². The van der Waals surface area contributed by atoms with Crippen LogP contribution in [0, 0.1) is 0 Å². The summed E-state index contributed by atoms with van der Waals surface area (Å²) in [6.07, 6.45) is 2.90. The number of hydrogen-bond donors (Lipinski definition) is 0. The Kier molecular flexibility index (Phi) is 4.53. The second-order valence-electron chi connectivity index (χ2n) is 5.50. The highest BCUT2D eigenvalue weighted by Gasteiger charge is 2.45. The Bertz CT molecular complexity index is 564. The van der Waals surface area contributed by atoms with Crippen LogP contribution in [0.2, 0.25) is 0 Å². The monoisotopic (exact) mass is 290 g/mol. The molecule has 1 saturated heterocycles. The molecule has 5 heteroatoms. The highest BCUT2D eigenvalue weighted by atomic mass is 16.5. The van der Waals surface area contributed by atoms with Crippen molar-refractivity contribution in [3.8, 4) is 5.75 Å². The number of carbonyl (C=O) groups excluding carboxylic acids is 3. The van der Waals surface area contributed by atoms with Crippen LogP contribution in [0.1, 0.15) is 35.2 Å². The Balaban J connectivity index is 2.02. The number of hydrogen-bond acceptors (Lipinski definition) is 4. The van der Waals surface area contributed by atoms with Gasteiger partial charge in [-0.05, 0) is 18.1 Å². The Morgan fingerprint density at radius 3 is 2.48 bits per heavy atom. The maximum absolute atomic E-state index is 11.8. The summed E-state index contributed by atoms with van der Waals surface area (Å²) in [5.41, 5.74) is 1.55. The summed E-state index contributed by atoms with van der Waals surface area (Å²) in [7, 11) is 3.26. The van der Waals surface area contributed by atoms with Crippen LogP contribution in [-0.2, 0) is 16.0 Å². The van der Waals surface area contributed by atoms with E-state index in [0.717, 1.165) is 11.8 Å². The first-order valence-electron chi connectivity index (χ1n) is 7.05. The van der Waals surface area contributed by atoms with E-state index >= 15 is 0 Å². The molecule has 0 bridgehead atoms. The third-order valence-corrected chi connectivity index (χ3v) is 4.15. The van der Waals surface area contributed by atoms with E-state index in [1.165, 1.54) is 0 Å². The Morgan fingerprint density at radius 1 is 1.24 bits per heavy atom. The molecular formula is C16H20NO4+. The van der Waals surface area contributed by atoms with Gasteiger partial charge in [0.25, 0.3) is 0 Å². The van der Waals surface area contributed by atoms with Gasteiger partial charge in [-0.1, -0.05) is 12.1 Å². The number of aryl methyl sites for hydroxylation is 1. The Labute approximate surface area is 124 Å². The number of rotatable bonds is 6. The zero-order chi connectivity index (χ0) is 15.5. The number of carbonyl (C=O) groups is 3. The molecule has 112 valence electrons. The van der Waals surface area contributed by atoms with Crippen molar-refractivity contribution in [2.45, 2.75) is 25.7 Å². The fourth-order valence-corrected chi connectivity index (χ4v) is 2.72. The topological polar surface area (TPSA) is 60.4 Å². The van der Waals surface area contributed by atoms with Gasteiger partial charge in [0.2, 0.25) is 0 Å². The minimum Gasteiger partial charge on any atom is -0.496 e. The first-order valence-corrected chi connectivity index (χ1v) is 7.05. The van der Waals surface area contributed by atoms with Crippen LogP contribution in [0.5, 0.6) is 5.75 Å². The van der Waals surface area contributed by atoms with Crippen LogP contribution in [0.4, 0.5) is 0 Å². The zero-order valence-corrected chi connectivity index (χ0v) is 12.4. The number of benzene rings is 1. The molecule has 0 atom stereocenters. The SMILES string of the molecule is COc1cc(C=O)ccc1CCC[N+]1(C)C(=O)CCC1=O. The first-order chi connectivity index (χ1) is 10.0. The van der Waals surface area contributed by atoms with E-state index in [1.54, 1.807) is 26.3 Å². The lowest BCUT2D eigenvalue weighted by Crippen LogP contribution is -2.49. The standard InChI is InChI=1S/C16H20NO4/c1-17(15(19)7-8-16(17)20)9-3-4-13-6-5-12(11-18)10-14(13)21-2/h5-6,10-11H,3-4,7-9H2,1-2H3/q+1. The average Bonchev–Trinajstić information content (AvgIpc) is 2.75. The summed E-state index contributed by atoms with van der Waals surface area (Å²) in [5, 5.41) is 0. The van der Waals surface area contributed by atoms with Gasteiger partial charge in [-0.3, -0.25) is 4.79 Å². The van der Waals surface area contributed by atoms with Gasteiger partial charge >= 0.3 is 11.8 Å². The van der Waals surface area contributed by atoms with Crippen molar-refractivity contribution in [2.24, 2.45) is 0 Å². The van der Waals surface area contributed by atoms with Gasteiger partial charge in [-0.15, -0.1) is 0 Å². The quantitative estimate of drug-likeness (QED) is 0.455. The van der Waals surface area contributed by atoms with Crippen molar-refractivity contribution in [1.29, 1.82) is 0 Å². The number of ether oxygens (including phenoxy) is 1. The number of quaternary nitrogens is 1. The Morgan fingerprint density at radius 2 is 1.90 bits per heavy atom. The lowest BCUT2D eigenvalue weighted by molar-refractivity contribution is -0.752. The molecule has 1 heterocycles. The lowest BCUT2D eigenvalue weighted by Gasteiger charge is -2.23. The minimum absolute atomic E-state index is 0.00303.